The van der Waals surface area contributed by atoms with Gasteiger partial charge in [0.1, 0.15) is 5.75 Å². The second-order valence-corrected chi connectivity index (χ2v) is 5.06. The van der Waals surface area contributed by atoms with E-state index in [1.807, 2.05) is 6.07 Å². The number of aromatic carboxylic acids is 1. The SMILES string of the molecule is Br.Nc1c(O)c(-c2cccc(C(=O)O)c2)cc2c1CCC2. The van der Waals surface area contributed by atoms with E-state index in [2.05, 4.69) is 0 Å². The molecule has 1 aliphatic carbocycles. The molecule has 3 rings (SSSR count). The van der Waals surface area contributed by atoms with Crippen LogP contribution in [0.4, 0.5) is 5.69 Å². The molecule has 2 aromatic rings. The summed E-state index contributed by atoms with van der Waals surface area (Å²) in [6.07, 6.45) is 2.88. The Labute approximate surface area is 133 Å². The number of fused-ring (bicyclic) bond motifs is 1. The number of benzene rings is 2. The molecule has 5 heteroatoms. The van der Waals surface area contributed by atoms with E-state index in [0.717, 1.165) is 30.4 Å². The molecule has 0 fully saturated rings. The van der Waals surface area contributed by atoms with Crippen LogP contribution >= 0.6 is 17.0 Å². The third kappa shape index (κ3) is 2.61. The monoisotopic (exact) mass is 349 g/mol. The first-order valence-electron chi connectivity index (χ1n) is 6.55. The van der Waals surface area contributed by atoms with E-state index >= 15 is 0 Å². The van der Waals surface area contributed by atoms with Gasteiger partial charge in [0.2, 0.25) is 0 Å². The molecule has 0 saturated heterocycles. The molecule has 1 aliphatic rings. The van der Waals surface area contributed by atoms with Crippen molar-refractivity contribution in [2.75, 3.05) is 5.73 Å². The molecule has 0 amide bonds. The van der Waals surface area contributed by atoms with E-state index in [1.165, 1.54) is 6.07 Å². The number of nitrogens with two attached hydrogens (primary N) is 1. The second-order valence-electron chi connectivity index (χ2n) is 5.06. The van der Waals surface area contributed by atoms with Crippen LogP contribution in [0.25, 0.3) is 11.1 Å². The minimum absolute atomic E-state index is 0. The molecule has 110 valence electrons. The van der Waals surface area contributed by atoms with E-state index in [1.54, 1.807) is 18.2 Å². The lowest BCUT2D eigenvalue weighted by Gasteiger charge is -2.12. The summed E-state index contributed by atoms with van der Waals surface area (Å²) < 4.78 is 0. The Morgan fingerprint density at radius 3 is 2.67 bits per heavy atom. The molecule has 0 aliphatic heterocycles. The quantitative estimate of drug-likeness (QED) is 0.573. The number of aromatic hydroxyl groups is 1. The molecule has 0 spiro atoms. The van der Waals surface area contributed by atoms with E-state index in [4.69, 9.17) is 10.8 Å². The molecule has 21 heavy (non-hydrogen) atoms. The highest BCUT2D eigenvalue weighted by Crippen LogP contribution is 2.41. The Morgan fingerprint density at radius 1 is 1.19 bits per heavy atom. The molecular weight excluding hydrogens is 334 g/mol. The number of nitrogen functional groups attached to an aromatic ring is 1. The van der Waals surface area contributed by atoms with Gasteiger partial charge < -0.3 is 15.9 Å². The third-order valence-electron chi connectivity index (χ3n) is 3.83. The zero-order valence-corrected chi connectivity index (χ0v) is 13.0. The number of carboxylic acid groups (broad SMARTS) is 1. The smallest absolute Gasteiger partial charge is 0.335 e. The van der Waals surface area contributed by atoms with E-state index < -0.39 is 5.97 Å². The maximum atomic E-state index is 11.0. The van der Waals surface area contributed by atoms with Gasteiger partial charge in [-0.25, -0.2) is 4.79 Å². The van der Waals surface area contributed by atoms with Gasteiger partial charge in [-0.05, 0) is 54.2 Å². The summed E-state index contributed by atoms with van der Waals surface area (Å²) in [4.78, 5) is 11.0. The van der Waals surface area contributed by atoms with Crippen LogP contribution in [-0.2, 0) is 12.8 Å². The van der Waals surface area contributed by atoms with Crippen LogP contribution in [0, 0.1) is 0 Å². The average molecular weight is 350 g/mol. The van der Waals surface area contributed by atoms with Gasteiger partial charge in [0.15, 0.2) is 0 Å². The van der Waals surface area contributed by atoms with Crippen molar-refractivity contribution in [3.8, 4) is 16.9 Å². The van der Waals surface area contributed by atoms with Gasteiger partial charge in [-0.1, -0.05) is 12.1 Å². The van der Waals surface area contributed by atoms with Crippen molar-refractivity contribution in [2.45, 2.75) is 19.3 Å². The highest BCUT2D eigenvalue weighted by atomic mass is 79.9. The normalized spacial score (nSPS) is 12.6. The molecule has 0 atom stereocenters. The number of phenolic OH excluding ortho intramolecular Hbond substituents is 1. The van der Waals surface area contributed by atoms with E-state index in [-0.39, 0.29) is 28.3 Å². The predicted molar refractivity (Wildman–Crippen MR) is 87.3 cm³/mol. The van der Waals surface area contributed by atoms with Crippen LogP contribution in [0.2, 0.25) is 0 Å². The fourth-order valence-electron chi connectivity index (χ4n) is 2.80. The molecule has 0 bridgehead atoms. The van der Waals surface area contributed by atoms with Crippen LogP contribution in [0.15, 0.2) is 30.3 Å². The number of aryl methyl sites for hydroxylation is 1. The van der Waals surface area contributed by atoms with Crippen LogP contribution in [0.3, 0.4) is 0 Å². The summed E-state index contributed by atoms with van der Waals surface area (Å²) in [6, 6.07) is 8.46. The average Bonchev–Trinajstić information content (AvgIpc) is 2.91. The lowest BCUT2D eigenvalue weighted by atomic mass is 9.96. The zero-order chi connectivity index (χ0) is 14.3. The number of phenols is 1. The van der Waals surface area contributed by atoms with E-state index in [9.17, 15) is 9.90 Å². The first-order valence-corrected chi connectivity index (χ1v) is 6.55. The van der Waals surface area contributed by atoms with Gasteiger partial charge in [0, 0.05) is 5.56 Å². The lowest BCUT2D eigenvalue weighted by Crippen LogP contribution is -1.98. The minimum Gasteiger partial charge on any atom is -0.505 e. The Kier molecular flexibility index (Phi) is 4.23. The Hall–Kier alpha value is -2.01. The van der Waals surface area contributed by atoms with Crippen molar-refractivity contribution in [1.82, 2.24) is 0 Å². The van der Waals surface area contributed by atoms with Crippen molar-refractivity contribution in [2.24, 2.45) is 0 Å². The molecular formula is C16H16BrNO3. The zero-order valence-electron chi connectivity index (χ0n) is 11.3. The van der Waals surface area contributed by atoms with Crippen LogP contribution in [-0.4, -0.2) is 16.2 Å². The number of anilines is 1. The summed E-state index contributed by atoms with van der Waals surface area (Å²) in [5.41, 5.74) is 10.1. The van der Waals surface area contributed by atoms with Gasteiger partial charge in [-0.15, -0.1) is 17.0 Å². The molecule has 2 aromatic carbocycles. The van der Waals surface area contributed by atoms with Crippen LogP contribution in [0.5, 0.6) is 5.75 Å². The molecule has 0 heterocycles. The molecule has 0 radical (unpaired) electrons. The second kappa shape index (κ2) is 5.77. The summed E-state index contributed by atoms with van der Waals surface area (Å²) in [7, 11) is 0. The number of hydrogen-bond acceptors (Lipinski definition) is 3. The van der Waals surface area contributed by atoms with Crippen molar-refractivity contribution >= 4 is 28.6 Å². The van der Waals surface area contributed by atoms with Crippen LogP contribution < -0.4 is 5.73 Å². The van der Waals surface area contributed by atoms with Crippen molar-refractivity contribution in [3.63, 3.8) is 0 Å². The number of carboxylic acids is 1. The van der Waals surface area contributed by atoms with Gasteiger partial charge >= 0.3 is 5.97 Å². The topological polar surface area (TPSA) is 83.5 Å². The minimum atomic E-state index is -0.986. The van der Waals surface area contributed by atoms with Gasteiger partial charge in [0.05, 0.1) is 11.3 Å². The standard InChI is InChI=1S/C16H15NO3.BrH/c17-14-12-6-2-4-10(12)8-13(15(14)18)9-3-1-5-11(7-9)16(19)20;/h1,3,5,7-8,18H,2,4,6,17H2,(H,19,20);1H. The summed E-state index contributed by atoms with van der Waals surface area (Å²) in [5, 5.41) is 19.3. The van der Waals surface area contributed by atoms with Gasteiger partial charge in [0.25, 0.3) is 0 Å². The first kappa shape index (κ1) is 15.4. The number of hydrogen-bond donors (Lipinski definition) is 3. The highest BCUT2D eigenvalue weighted by molar-refractivity contribution is 8.93. The van der Waals surface area contributed by atoms with Crippen molar-refractivity contribution < 1.29 is 15.0 Å². The van der Waals surface area contributed by atoms with Crippen molar-refractivity contribution in [3.05, 3.63) is 47.0 Å². The van der Waals surface area contributed by atoms with Crippen molar-refractivity contribution in [1.29, 1.82) is 0 Å². The molecule has 4 N–H and O–H groups in total. The maximum absolute atomic E-state index is 11.0. The van der Waals surface area contributed by atoms with Crippen LogP contribution in [0.1, 0.15) is 27.9 Å². The Balaban J connectivity index is 0.00000161. The Bertz CT molecular complexity index is 713. The van der Waals surface area contributed by atoms with Gasteiger partial charge in [-0.3, -0.25) is 0 Å². The third-order valence-corrected chi connectivity index (χ3v) is 3.83. The molecule has 0 aromatic heterocycles. The summed E-state index contributed by atoms with van der Waals surface area (Å²) >= 11 is 0. The Morgan fingerprint density at radius 2 is 1.95 bits per heavy atom. The lowest BCUT2D eigenvalue weighted by molar-refractivity contribution is 0.0697. The molecule has 0 unspecified atom stereocenters. The number of carbonyl (C=O) groups is 1. The van der Waals surface area contributed by atoms with Gasteiger partial charge in [-0.2, -0.15) is 0 Å². The molecule has 0 saturated carbocycles. The largest absolute Gasteiger partial charge is 0.505 e. The molecule has 4 nitrogen and oxygen atoms in total. The number of halogens is 1. The van der Waals surface area contributed by atoms with E-state index in [0.29, 0.717) is 16.8 Å². The predicted octanol–water partition coefficient (Wildman–Crippen LogP) is 3.41. The number of rotatable bonds is 2. The fourth-order valence-corrected chi connectivity index (χ4v) is 2.80. The summed E-state index contributed by atoms with van der Waals surface area (Å²) in [6.45, 7) is 0. The fraction of sp³-hybridized carbons (Fsp3) is 0.188. The summed E-state index contributed by atoms with van der Waals surface area (Å²) in [5.74, 6) is -0.936. The maximum Gasteiger partial charge on any atom is 0.335 e. The first-order chi connectivity index (χ1) is 9.58. The highest BCUT2D eigenvalue weighted by Gasteiger charge is 2.20.